The highest BCUT2D eigenvalue weighted by Crippen LogP contribution is 2.48. The molecule has 180 valence electrons. The third kappa shape index (κ3) is 3.36. The molecule has 3 aromatic heterocycles. The predicted octanol–water partition coefficient (Wildman–Crippen LogP) is 6.03. The number of carbonyl (C=O) groups is 1. The zero-order chi connectivity index (χ0) is 24.6. The number of hydrogen-bond donors (Lipinski definition) is 0. The van der Waals surface area contributed by atoms with Crippen molar-refractivity contribution >= 4 is 28.8 Å². The molecule has 0 spiro atoms. The minimum atomic E-state index is -2.80. The van der Waals surface area contributed by atoms with Crippen LogP contribution in [-0.4, -0.2) is 30.1 Å². The van der Waals surface area contributed by atoms with Gasteiger partial charge < -0.3 is 4.57 Å². The molecule has 0 saturated heterocycles. The van der Waals surface area contributed by atoms with E-state index in [9.17, 15) is 13.6 Å². The van der Waals surface area contributed by atoms with Crippen molar-refractivity contribution in [1.82, 2.24) is 24.1 Å². The molecule has 4 aromatic rings. The molecule has 0 radical (unpaired) electrons. The third-order valence-electron chi connectivity index (χ3n) is 6.73. The molecule has 7 nitrogen and oxygen atoms in total. The van der Waals surface area contributed by atoms with Gasteiger partial charge in [0.15, 0.2) is 11.3 Å². The molecule has 0 bridgehead atoms. The standard InChI is InChI=1S/C25H23ClF2N6O/c1-12(2)33-20-18(29-23(33)15-4-5-15)25(35)34(19(20)14-6-8-16(26)9-7-14)17-10-13(3)22-30-31-24(21(27)28)32(22)11-17/h6-12,15,19,21H,4-5H2,1-3H3. The van der Waals surface area contributed by atoms with Gasteiger partial charge in [-0.25, -0.2) is 13.8 Å². The molecular formula is C25H23ClF2N6O. The molecule has 1 unspecified atom stereocenters. The minimum Gasteiger partial charge on any atom is -0.326 e. The second-order valence-corrected chi connectivity index (χ2v) is 9.94. The first-order chi connectivity index (χ1) is 16.8. The zero-order valence-electron chi connectivity index (χ0n) is 19.4. The van der Waals surface area contributed by atoms with Crippen LogP contribution in [0.4, 0.5) is 14.5 Å². The number of halogens is 3. The van der Waals surface area contributed by atoms with Crippen molar-refractivity contribution < 1.29 is 13.6 Å². The summed E-state index contributed by atoms with van der Waals surface area (Å²) in [4.78, 5) is 20.4. The molecule has 1 atom stereocenters. The molecule has 1 saturated carbocycles. The van der Waals surface area contributed by atoms with Crippen molar-refractivity contribution in [3.05, 3.63) is 75.7 Å². The first kappa shape index (κ1) is 22.2. The van der Waals surface area contributed by atoms with Crippen molar-refractivity contribution in [3.63, 3.8) is 0 Å². The van der Waals surface area contributed by atoms with Crippen molar-refractivity contribution in [2.75, 3.05) is 4.90 Å². The second kappa shape index (κ2) is 7.84. The summed E-state index contributed by atoms with van der Waals surface area (Å²) in [5.74, 6) is 0.589. The van der Waals surface area contributed by atoms with Crippen LogP contribution in [0.5, 0.6) is 0 Å². The number of aryl methyl sites for hydroxylation is 1. The summed E-state index contributed by atoms with van der Waals surface area (Å²) in [7, 11) is 0. The van der Waals surface area contributed by atoms with Gasteiger partial charge in [-0.15, -0.1) is 10.2 Å². The second-order valence-electron chi connectivity index (χ2n) is 9.50. The molecular weight excluding hydrogens is 474 g/mol. The van der Waals surface area contributed by atoms with Crippen LogP contribution < -0.4 is 4.90 Å². The highest BCUT2D eigenvalue weighted by Gasteiger charge is 2.46. The van der Waals surface area contributed by atoms with Gasteiger partial charge in [-0.05, 0) is 62.9 Å². The van der Waals surface area contributed by atoms with E-state index < -0.39 is 18.3 Å². The summed E-state index contributed by atoms with van der Waals surface area (Å²) >= 11 is 6.17. The fourth-order valence-corrected chi connectivity index (χ4v) is 5.19. The van der Waals surface area contributed by atoms with Crippen LogP contribution in [0.3, 0.4) is 0 Å². The molecule has 1 fully saturated rings. The summed E-state index contributed by atoms with van der Waals surface area (Å²) in [6.45, 7) is 5.94. The molecule has 10 heteroatoms. The monoisotopic (exact) mass is 496 g/mol. The van der Waals surface area contributed by atoms with Crippen LogP contribution in [0.15, 0.2) is 36.5 Å². The number of rotatable bonds is 5. The van der Waals surface area contributed by atoms with Gasteiger partial charge in [0, 0.05) is 23.2 Å². The number of carbonyl (C=O) groups excluding carboxylic acids is 1. The highest BCUT2D eigenvalue weighted by molar-refractivity contribution is 6.30. The zero-order valence-corrected chi connectivity index (χ0v) is 20.2. The van der Waals surface area contributed by atoms with Crippen molar-refractivity contribution in [2.45, 2.75) is 58.0 Å². The Hall–Kier alpha value is -3.33. The summed E-state index contributed by atoms with van der Waals surface area (Å²) < 4.78 is 30.7. The molecule has 35 heavy (non-hydrogen) atoms. The predicted molar refractivity (Wildman–Crippen MR) is 127 cm³/mol. The van der Waals surface area contributed by atoms with Crippen molar-refractivity contribution in [1.29, 1.82) is 0 Å². The fraction of sp³-hybridized carbons (Fsp3) is 0.360. The number of aromatic nitrogens is 5. The lowest BCUT2D eigenvalue weighted by molar-refractivity contribution is 0.0989. The van der Waals surface area contributed by atoms with Crippen LogP contribution in [0.2, 0.25) is 5.02 Å². The van der Waals surface area contributed by atoms with E-state index in [1.54, 1.807) is 30.0 Å². The number of pyridine rings is 1. The van der Waals surface area contributed by atoms with Gasteiger partial charge in [-0.3, -0.25) is 14.1 Å². The van der Waals surface area contributed by atoms with E-state index in [4.69, 9.17) is 16.6 Å². The summed E-state index contributed by atoms with van der Waals surface area (Å²) in [6, 6.07) is 8.76. The third-order valence-corrected chi connectivity index (χ3v) is 6.98. The lowest BCUT2D eigenvalue weighted by atomic mass is 10.0. The molecule has 1 aliphatic heterocycles. The number of imidazole rings is 1. The fourth-order valence-electron chi connectivity index (χ4n) is 5.06. The van der Waals surface area contributed by atoms with Gasteiger partial charge in [0.2, 0.25) is 5.82 Å². The van der Waals surface area contributed by atoms with E-state index in [2.05, 4.69) is 28.6 Å². The summed E-state index contributed by atoms with van der Waals surface area (Å²) in [5.41, 5.74) is 3.54. The Balaban J connectivity index is 1.59. The molecule has 0 N–H and O–H groups in total. The van der Waals surface area contributed by atoms with E-state index >= 15 is 0 Å². The Morgan fingerprint density at radius 2 is 1.83 bits per heavy atom. The minimum absolute atomic E-state index is 0.0944. The van der Waals surface area contributed by atoms with E-state index in [-0.39, 0.29) is 11.9 Å². The largest absolute Gasteiger partial charge is 0.326 e. The Labute approximate surface area is 205 Å². The maximum Gasteiger partial charge on any atom is 0.297 e. The molecule has 4 heterocycles. The average molecular weight is 497 g/mol. The smallest absolute Gasteiger partial charge is 0.297 e. The van der Waals surface area contributed by atoms with E-state index in [0.29, 0.717) is 33.5 Å². The molecule has 1 amide bonds. The molecule has 1 aromatic carbocycles. The van der Waals surface area contributed by atoms with Crippen molar-refractivity contribution in [3.8, 4) is 0 Å². The lowest BCUT2D eigenvalue weighted by Gasteiger charge is -2.29. The summed E-state index contributed by atoms with van der Waals surface area (Å²) in [6.07, 6.45) is 0.835. The van der Waals surface area contributed by atoms with Gasteiger partial charge >= 0.3 is 0 Å². The SMILES string of the molecule is Cc1cc(N2C(=O)c3nc(C4CC4)n(C(C)C)c3C2c2ccc(Cl)cc2)cn2c(C(F)F)nnc12. The van der Waals surface area contributed by atoms with Gasteiger partial charge in [0.05, 0.1) is 11.4 Å². The topological polar surface area (TPSA) is 68.3 Å². The van der Waals surface area contributed by atoms with Gasteiger partial charge in [-0.1, -0.05) is 23.7 Å². The number of amides is 1. The Morgan fingerprint density at radius 1 is 1.11 bits per heavy atom. The first-order valence-corrected chi connectivity index (χ1v) is 12.0. The molecule has 6 rings (SSSR count). The first-order valence-electron chi connectivity index (χ1n) is 11.6. The quantitative estimate of drug-likeness (QED) is 0.338. The Kier molecular flexibility index (Phi) is 4.96. The Morgan fingerprint density at radius 3 is 2.46 bits per heavy atom. The molecule has 1 aliphatic carbocycles. The van der Waals surface area contributed by atoms with Gasteiger partial charge in [-0.2, -0.15) is 0 Å². The van der Waals surface area contributed by atoms with Crippen LogP contribution in [-0.2, 0) is 0 Å². The Bertz CT molecular complexity index is 1470. The van der Waals surface area contributed by atoms with E-state index in [0.717, 1.165) is 29.9 Å². The lowest BCUT2D eigenvalue weighted by Crippen LogP contribution is -2.31. The van der Waals surface area contributed by atoms with Crippen molar-refractivity contribution in [2.24, 2.45) is 0 Å². The van der Waals surface area contributed by atoms with Gasteiger partial charge in [0.25, 0.3) is 12.3 Å². The van der Waals surface area contributed by atoms with Crippen LogP contribution in [0.1, 0.15) is 90.1 Å². The van der Waals surface area contributed by atoms with Gasteiger partial charge in [0.1, 0.15) is 11.9 Å². The molecule has 2 aliphatic rings. The average Bonchev–Trinajstić information content (AvgIpc) is 3.33. The normalized spacial score (nSPS) is 17.9. The maximum atomic E-state index is 13.9. The summed E-state index contributed by atoms with van der Waals surface area (Å²) in [5, 5.41) is 8.17. The van der Waals surface area contributed by atoms with Crippen LogP contribution in [0.25, 0.3) is 5.65 Å². The van der Waals surface area contributed by atoms with E-state index in [1.807, 2.05) is 12.1 Å². The maximum absolute atomic E-state index is 13.9. The van der Waals surface area contributed by atoms with E-state index in [1.165, 1.54) is 10.6 Å². The number of nitrogens with zero attached hydrogens (tertiary/aromatic N) is 6. The number of anilines is 1. The highest BCUT2D eigenvalue weighted by atomic mass is 35.5. The van der Waals surface area contributed by atoms with Crippen LogP contribution >= 0.6 is 11.6 Å². The van der Waals surface area contributed by atoms with Crippen LogP contribution in [0, 0.1) is 6.92 Å². The number of fused-ring (bicyclic) bond motifs is 2. The number of benzene rings is 1. The number of alkyl halides is 2. The number of hydrogen-bond acceptors (Lipinski definition) is 4.